The highest BCUT2D eigenvalue weighted by atomic mass is 16.1. The second kappa shape index (κ2) is 6.88. The van der Waals surface area contributed by atoms with E-state index < -0.39 is 0 Å². The predicted molar refractivity (Wildman–Crippen MR) is 77.2 cm³/mol. The maximum atomic E-state index is 12.5. The maximum Gasteiger partial charge on any atom is 0.201 e. The summed E-state index contributed by atoms with van der Waals surface area (Å²) in [6.07, 6.45) is 12.2. The molecule has 0 N–H and O–H groups in total. The van der Waals surface area contributed by atoms with Gasteiger partial charge >= 0.3 is 0 Å². The van der Waals surface area contributed by atoms with Crippen molar-refractivity contribution in [2.45, 2.75) is 65.3 Å². The third kappa shape index (κ3) is 3.46. The van der Waals surface area contributed by atoms with E-state index in [2.05, 4.69) is 18.8 Å². The summed E-state index contributed by atoms with van der Waals surface area (Å²) < 4.78 is 1.96. The normalized spacial score (nSPS) is 23.5. The molecule has 1 fully saturated rings. The second-order valence-electron chi connectivity index (χ2n) is 5.76. The van der Waals surface area contributed by atoms with Crippen LogP contribution in [-0.2, 0) is 6.54 Å². The molecule has 2 rings (SSSR count). The number of Topliss-reactive ketones (excluding diaryl/α,β-unsaturated/α-hetero) is 1. The molecule has 1 aliphatic rings. The molecule has 1 aliphatic carbocycles. The van der Waals surface area contributed by atoms with Gasteiger partial charge in [0.2, 0.25) is 5.78 Å². The van der Waals surface area contributed by atoms with E-state index in [1.54, 1.807) is 6.20 Å². The molecular weight excluding hydrogens is 236 g/mol. The number of aryl methyl sites for hydroxylation is 1. The van der Waals surface area contributed by atoms with Crippen molar-refractivity contribution in [2.24, 2.45) is 11.8 Å². The molecular formula is C16H26N2O. The van der Waals surface area contributed by atoms with Crippen LogP contribution in [0.1, 0.15) is 69.4 Å². The molecule has 0 aliphatic heterocycles. The van der Waals surface area contributed by atoms with Gasteiger partial charge in [-0.15, -0.1) is 0 Å². The molecule has 19 heavy (non-hydrogen) atoms. The van der Waals surface area contributed by atoms with Gasteiger partial charge in [0.25, 0.3) is 0 Å². The minimum atomic E-state index is 0.213. The summed E-state index contributed by atoms with van der Waals surface area (Å²) in [7, 11) is 0. The Morgan fingerprint density at radius 3 is 2.68 bits per heavy atom. The van der Waals surface area contributed by atoms with Crippen LogP contribution in [0.3, 0.4) is 0 Å². The van der Waals surface area contributed by atoms with Crippen LogP contribution >= 0.6 is 0 Å². The average Bonchev–Trinajstić information content (AvgIpc) is 2.93. The van der Waals surface area contributed by atoms with E-state index in [-0.39, 0.29) is 11.7 Å². The fourth-order valence-electron chi connectivity index (χ4n) is 3.18. The first-order chi connectivity index (χ1) is 9.26. The molecule has 0 unspecified atom stereocenters. The highest BCUT2D eigenvalue weighted by Gasteiger charge is 2.28. The number of imidazole rings is 1. The van der Waals surface area contributed by atoms with Gasteiger partial charge in [-0.1, -0.05) is 26.2 Å². The van der Waals surface area contributed by atoms with Crippen LogP contribution in [0.4, 0.5) is 0 Å². The molecule has 0 spiro atoms. The van der Waals surface area contributed by atoms with Gasteiger partial charge in [-0.25, -0.2) is 4.98 Å². The zero-order valence-electron chi connectivity index (χ0n) is 12.3. The lowest BCUT2D eigenvalue weighted by Crippen LogP contribution is -2.24. The van der Waals surface area contributed by atoms with Crippen LogP contribution in [0.2, 0.25) is 0 Å². The second-order valence-corrected chi connectivity index (χ2v) is 5.76. The first-order valence-corrected chi connectivity index (χ1v) is 7.81. The molecule has 3 nitrogen and oxygen atoms in total. The number of nitrogens with zero attached hydrogens (tertiary/aromatic N) is 2. The van der Waals surface area contributed by atoms with Crippen LogP contribution in [0, 0.1) is 11.8 Å². The van der Waals surface area contributed by atoms with E-state index in [1.165, 1.54) is 32.1 Å². The number of carbonyl (C=O) groups excluding carboxylic acids is 1. The summed E-state index contributed by atoms with van der Waals surface area (Å²) in [5.74, 6) is 2.00. The average molecular weight is 262 g/mol. The molecule has 0 amide bonds. The zero-order valence-corrected chi connectivity index (χ0v) is 12.3. The molecule has 1 aromatic heterocycles. The van der Waals surface area contributed by atoms with E-state index >= 15 is 0 Å². The number of aromatic nitrogens is 2. The highest BCUT2D eigenvalue weighted by molar-refractivity contribution is 5.94. The van der Waals surface area contributed by atoms with Gasteiger partial charge in [0.1, 0.15) is 0 Å². The number of unbranched alkanes of at least 4 members (excludes halogenated alkanes) is 1. The quantitative estimate of drug-likeness (QED) is 0.724. The molecule has 0 radical (unpaired) electrons. The van der Waals surface area contributed by atoms with Crippen LogP contribution in [0.25, 0.3) is 0 Å². The maximum absolute atomic E-state index is 12.5. The fraction of sp³-hybridized carbons (Fsp3) is 0.750. The molecule has 0 saturated heterocycles. The molecule has 0 atom stereocenters. The number of ketones is 1. The standard InChI is InChI=1S/C16H26N2O/c1-3-5-6-13-7-9-14(10-8-13)15(19)16-17-11-12-18(16)4-2/h11-14H,3-10H2,1-2H3. The lowest BCUT2D eigenvalue weighted by Gasteiger charge is -2.27. The van der Waals surface area contributed by atoms with Crippen LogP contribution in [0.5, 0.6) is 0 Å². The Balaban J connectivity index is 1.89. The van der Waals surface area contributed by atoms with E-state index in [0.29, 0.717) is 5.82 Å². The topological polar surface area (TPSA) is 34.9 Å². The van der Waals surface area contributed by atoms with Gasteiger partial charge in [-0.2, -0.15) is 0 Å². The van der Waals surface area contributed by atoms with E-state index in [1.807, 2.05) is 10.8 Å². The molecule has 1 saturated carbocycles. The minimum absolute atomic E-state index is 0.213. The van der Waals surface area contributed by atoms with Gasteiger partial charge in [0, 0.05) is 24.9 Å². The van der Waals surface area contributed by atoms with Crippen LogP contribution < -0.4 is 0 Å². The summed E-state index contributed by atoms with van der Waals surface area (Å²) >= 11 is 0. The van der Waals surface area contributed by atoms with Crippen molar-refractivity contribution in [2.75, 3.05) is 0 Å². The number of rotatable bonds is 6. The first kappa shape index (κ1) is 14.3. The Labute approximate surface area is 116 Å². The van der Waals surface area contributed by atoms with Gasteiger partial charge in [-0.05, 0) is 38.5 Å². The number of carbonyl (C=O) groups is 1. The molecule has 0 bridgehead atoms. The fourth-order valence-corrected chi connectivity index (χ4v) is 3.18. The SMILES string of the molecule is CCCCC1CCC(C(=O)c2nccn2CC)CC1. The number of hydrogen-bond acceptors (Lipinski definition) is 2. The largest absolute Gasteiger partial charge is 0.329 e. The summed E-state index contributed by atoms with van der Waals surface area (Å²) in [5, 5.41) is 0. The Bertz CT molecular complexity index is 403. The summed E-state index contributed by atoms with van der Waals surface area (Å²) in [4.78, 5) is 16.7. The van der Waals surface area contributed by atoms with Crippen molar-refractivity contribution in [1.29, 1.82) is 0 Å². The van der Waals surface area contributed by atoms with Gasteiger partial charge in [-0.3, -0.25) is 4.79 Å². The van der Waals surface area contributed by atoms with Crippen LogP contribution in [0.15, 0.2) is 12.4 Å². The smallest absolute Gasteiger partial charge is 0.201 e. The van der Waals surface area contributed by atoms with E-state index in [0.717, 1.165) is 25.3 Å². The van der Waals surface area contributed by atoms with Crippen molar-refractivity contribution in [3.05, 3.63) is 18.2 Å². The predicted octanol–water partition coefficient (Wildman–Crippen LogP) is 4.08. The monoisotopic (exact) mass is 262 g/mol. The van der Waals surface area contributed by atoms with Crippen molar-refractivity contribution in [1.82, 2.24) is 9.55 Å². The Kier molecular flexibility index (Phi) is 5.17. The summed E-state index contributed by atoms with van der Waals surface area (Å²) in [5.41, 5.74) is 0. The Morgan fingerprint density at radius 2 is 2.05 bits per heavy atom. The molecule has 106 valence electrons. The van der Waals surface area contributed by atoms with Crippen molar-refractivity contribution < 1.29 is 4.79 Å². The zero-order chi connectivity index (χ0) is 13.7. The third-order valence-electron chi connectivity index (χ3n) is 4.46. The van der Waals surface area contributed by atoms with Gasteiger partial charge in [0.15, 0.2) is 5.82 Å². The molecule has 3 heteroatoms. The van der Waals surface area contributed by atoms with Gasteiger partial charge < -0.3 is 4.57 Å². The third-order valence-corrected chi connectivity index (χ3v) is 4.46. The van der Waals surface area contributed by atoms with E-state index in [9.17, 15) is 4.79 Å². The lowest BCUT2D eigenvalue weighted by atomic mass is 9.78. The minimum Gasteiger partial charge on any atom is -0.329 e. The van der Waals surface area contributed by atoms with E-state index in [4.69, 9.17) is 0 Å². The van der Waals surface area contributed by atoms with Crippen molar-refractivity contribution in [3.8, 4) is 0 Å². The molecule has 0 aromatic carbocycles. The summed E-state index contributed by atoms with van der Waals surface area (Å²) in [6.45, 7) is 5.13. The highest BCUT2D eigenvalue weighted by Crippen LogP contribution is 2.33. The number of hydrogen-bond donors (Lipinski definition) is 0. The van der Waals surface area contributed by atoms with Crippen molar-refractivity contribution in [3.63, 3.8) is 0 Å². The van der Waals surface area contributed by atoms with Crippen molar-refractivity contribution >= 4 is 5.78 Å². The van der Waals surface area contributed by atoms with Crippen LogP contribution in [-0.4, -0.2) is 15.3 Å². The molecule has 1 heterocycles. The Hall–Kier alpha value is -1.12. The van der Waals surface area contributed by atoms with Gasteiger partial charge in [0.05, 0.1) is 0 Å². The first-order valence-electron chi connectivity index (χ1n) is 7.81. The Morgan fingerprint density at radius 1 is 1.32 bits per heavy atom. The lowest BCUT2D eigenvalue weighted by molar-refractivity contribution is 0.0854. The summed E-state index contributed by atoms with van der Waals surface area (Å²) in [6, 6.07) is 0. The molecule has 1 aromatic rings.